The molecule has 0 N–H and O–H groups in total. The number of ketones is 1. The van der Waals surface area contributed by atoms with Crippen LogP contribution < -0.4 is 14.4 Å². The molecule has 0 fully saturated rings. The van der Waals surface area contributed by atoms with Gasteiger partial charge >= 0.3 is 0 Å². The predicted octanol–water partition coefficient (Wildman–Crippen LogP) is 4.92. The van der Waals surface area contributed by atoms with Gasteiger partial charge in [-0.1, -0.05) is 30.4 Å². The third-order valence-electron chi connectivity index (χ3n) is 4.44. The molecular formula is C23H27NO3. The Labute approximate surface area is 161 Å². The maximum absolute atomic E-state index is 12.8. The summed E-state index contributed by atoms with van der Waals surface area (Å²) in [5, 5.41) is 0. The average Bonchev–Trinajstić information content (AvgIpc) is 2.67. The van der Waals surface area contributed by atoms with Crippen LogP contribution >= 0.6 is 0 Å². The molecule has 0 aliphatic rings. The molecule has 0 amide bonds. The second-order valence-corrected chi connectivity index (χ2v) is 6.50. The smallest absolute Gasteiger partial charge is 0.189 e. The third-order valence-corrected chi connectivity index (χ3v) is 4.44. The van der Waals surface area contributed by atoms with E-state index < -0.39 is 0 Å². The molecule has 0 bridgehead atoms. The van der Waals surface area contributed by atoms with Crippen LogP contribution in [-0.4, -0.2) is 34.1 Å². The normalized spacial score (nSPS) is 11.6. The van der Waals surface area contributed by atoms with E-state index in [1.165, 1.54) is 0 Å². The summed E-state index contributed by atoms with van der Waals surface area (Å²) in [6.07, 6.45) is 5.71. The first-order valence-corrected chi connectivity index (χ1v) is 8.77. The molecule has 0 saturated heterocycles. The summed E-state index contributed by atoms with van der Waals surface area (Å²) < 4.78 is 10.7. The van der Waals surface area contributed by atoms with Crippen molar-refractivity contribution >= 4 is 17.5 Å². The molecule has 4 heteroatoms. The van der Waals surface area contributed by atoms with Gasteiger partial charge in [-0.15, -0.1) is 0 Å². The van der Waals surface area contributed by atoms with Crippen molar-refractivity contribution in [1.82, 2.24) is 0 Å². The summed E-state index contributed by atoms with van der Waals surface area (Å²) in [6.45, 7) is 3.68. The fourth-order valence-corrected chi connectivity index (χ4v) is 2.80. The van der Waals surface area contributed by atoms with E-state index in [0.717, 1.165) is 16.8 Å². The number of carbonyl (C=O) groups is 1. The molecule has 142 valence electrons. The lowest BCUT2D eigenvalue weighted by Crippen LogP contribution is -2.07. The van der Waals surface area contributed by atoms with Crippen LogP contribution in [0.5, 0.6) is 11.5 Å². The largest absolute Gasteiger partial charge is 0.493 e. The molecule has 27 heavy (non-hydrogen) atoms. The number of allylic oxidation sites excluding steroid dienone is 3. The van der Waals surface area contributed by atoms with Gasteiger partial charge in [0, 0.05) is 30.9 Å². The highest BCUT2D eigenvalue weighted by Crippen LogP contribution is 2.33. The number of Topliss-reactive ketones (excluding diaryl/α,β-unsaturated/α-hetero) is 1. The zero-order valence-corrected chi connectivity index (χ0v) is 16.9. The fraction of sp³-hybridized carbons (Fsp3) is 0.261. The van der Waals surface area contributed by atoms with Crippen LogP contribution in [0.2, 0.25) is 0 Å². The number of benzene rings is 2. The molecule has 0 radical (unpaired) electrons. The highest BCUT2D eigenvalue weighted by Gasteiger charge is 2.17. The minimum absolute atomic E-state index is 0.0268. The van der Waals surface area contributed by atoms with Crippen molar-refractivity contribution in [2.24, 2.45) is 0 Å². The lowest BCUT2D eigenvalue weighted by molar-refractivity contribution is 0.103. The van der Waals surface area contributed by atoms with E-state index in [0.29, 0.717) is 22.6 Å². The fourth-order valence-electron chi connectivity index (χ4n) is 2.80. The van der Waals surface area contributed by atoms with Crippen LogP contribution in [0.15, 0.2) is 54.1 Å². The highest BCUT2D eigenvalue weighted by molar-refractivity contribution is 6.10. The molecule has 0 aliphatic heterocycles. The van der Waals surface area contributed by atoms with Crippen LogP contribution in [0.3, 0.4) is 0 Å². The second-order valence-electron chi connectivity index (χ2n) is 6.50. The molecule has 2 aromatic carbocycles. The van der Waals surface area contributed by atoms with Crippen LogP contribution in [-0.2, 0) is 0 Å². The van der Waals surface area contributed by atoms with Crippen LogP contribution in [0, 0.1) is 6.92 Å². The Morgan fingerprint density at radius 3 is 2.22 bits per heavy atom. The molecule has 0 saturated carbocycles. The lowest BCUT2D eigenvalue weighted by Gasteiger charge is -2.13. The molecule has 0 unspecified atom stereocenters. The van der Waals surface area contributed by atoms with Crippen molar-refractivity contribution in [3.05, 3.63) is 70.8 Å². The molecular weight excluding hydrogens is 338 g/mol. The van der Waals surface area contributed by atoms with Gasteiger partial charge < -0.3 is 14.4 Å². The monoisotopic (exact) mass is 365 g/mol. The number of rotatable bonds is 7. The van der Waals surface area contributed by atoms with E-state index in [4.69, 9.17) is 9.47 Å². The molecule has 0 aliphatic carbocycles. The SMILES string of the molecule is COc1ccc(C(=O)/C(C)=C/C=C/c2ccc(N(C)C)cc2)c(C)c1OC. The van der Waals surface area contributed by atoms with E-state index in [-0.39, 0.29) is 5.78 Å². The Morgan fingerprint density at radius 2 is 1.67 bits per heavy atom. The zero-order valence-electron chi connectivity index (χ0n) is 16.9. The van der Waals surface area contributed by atoms with Gasteiger partial charge in [0.15, 0.2) is 17.3 Å². The topological polar surface area (TPSA) is 38.8 Å². The summed E-state index contributed by atoms with van der Waals surface area (Å²) >= 11 is 0. The van der Waals surface area contributed by atoms with Crippen LogP contribution in [0.4, 0.5) is 5.69 Å². The van der Waals surface area contributed by atoms with E-state index in [1.807, 2.05) is 46.2 Å². The van der Waals surface area contributed by atoms with Crippen LogP contribution in [0.1, 0.15) is 28.4 Å². The van der Waals surface area contributed by atoms with Gasteiger partial charge in [-0.05, 0) is 49.2 Å². The van der Waals surface area contributed by atoms with Gasteiger partial charge in [0.05, 0.1) is 14.2 Å². The van der Waals surface area contributed by atoms with Crippen molar-refractivity contribution in [3.63, 3.8) is 0 Å². The summed E-state index contributed by atoms with van der Waals surface area (Å²) in [5.41, 5.74) is 4.28. The van der Waals surface area contributed by atoms with Gasteiger partial charge in [0.25, 0.3) is 0 Å². The number of anilines is 1. The minimum Gasteiger partial charge on any atom is -0.493 e. The van der Waals surface area contributed by atoms with Crippen molar-refractivity contribution in [3.8, 4) is 11.5 Å². The van der Waals surface area contributed by atoms with Crippen molar-refractivity contribution < 1.29 is 14.3 Å². The van der Waals surface area contributed by atoms with E-state index in [1.54, 1.807) is 26.4 Å². The third kappa shape index (κ3) is 4.79. The van der Waals surface area contributed by atoms with Gasteiger partial charge in [0.1, 0.15) is 0 Å². The van der Waals surface area contributed by atoms with Crippen LogP contribution in [0.25, 0.3) is 6.08 Å². The van der Waals surface area contributed by atoms with E-state index >= 15 is 0 Å². The molecule has 2 aromatic rings. The number of nitrogens with zero attached hydrogens (tertiary/aromatic N) is 1. The Morgan fingerprint density at radius 1 is 1.00 bits per heavy atom. The highest BCUT2D eigenvalue weighted by atomic mass is 16.5. The molecule has 0 atom stereocenters. The summed E-state index contributed by atoms with van der Waals surface area (Å²) in [5.74, 6) is 1.18. The second kappa shape index (κ2) is 9.08. The van der Waals surface area contributed by atoms with Gasteiger partial charge in [-0.25, -0.2) is 0 Å². The van der Waals surface area contributed by atoms with Crippen molar-refractivity contribution in [2.75, 3.05) is 33.2 Å². The van der Waals surface area contributed by atoms with Gasteiger partial charge in [-0.3, -0.25) is 4.79 Å². The maximum atomic E-state index is 12.8. The number of ether oxygens (including phenoxy) is 2. The maximum Gasteiger partial charge on any atom is 0.189 e. The number of methoxy groups -OCH3 is 2. The molecule has 2 rings (SSSR count). The molecule has 0 spiro atoms. The van der Waals surface area contributed by atoms with Crippen molar-refractivity contribution in [2.45, 2.75) is 13.8 Å². The quantitative estimate of drug-likeness (QED) is 0.397. The predicted molar refractivity (Wildman–Crippen MR) is 112 cm³/mol. The minimum atomic E-state index is -0.0268. The Hall–Kier alpha value is -3.01. The van der Waals surface area contributed by atoms with E-state index in [9.17, 15) is 4.79 Å². The molecule has 0 heterocycles. The molecule has 4 nitrogen and oxygen atoms in total. The molecule has 0 aromatic heterocycles. The van der Waals surface area contributed by atoms with E-state index in [2.05, 4.69) is 29.2 Å². The summed E-state index contributed by atoms with van der Waals surface area (Å²) in [6, 6.07) is 11.8. The standard InChI is InChI=1S/C23H27NO3/c1-16(8-7-9-18-10-12-19(13-11-18)24(3)4)22(25)20-14-15-21(26-5)23(27-6)17(20)2/h7-15H,1-6H3/b9-7+,16-8+. The Kier molecular flexibility index (Phi) is 6.83. The Balaban J connectivity index is 2.19. The average molecular weight is 365 g/mol. The number of hydrogen-bond acceptors (Lipinski definition) is 4. The Bertz CT molecular complexity index is 862. The van der Waals surface area contributed by atoms with Gasteiger partial charge in [0.2, 0.25) is 0 Å². The lowest BCUT2D eigenvalue weighted by atomic mass is 9.98. The van der Waals surface area contributed by atoms with Gasteiger partial charge in [-0.2, -0.15) is 0 Å². The summed E-state index contributed by atoms with van der Waals surface area (Å²) in [4.78, 5) is 14.8. The summed E-state index contributed by atoms with van der Waals surface area (Å²) in [7, 11) is 7.18. The van der Waals surface area contributed by atoms with Crippen molar-refractivity contribution in [1.29, 1.82) is 0 Å². The zero-order chi connectivity index (χ0) is 20.0. The number of carbonyl (C=O) groups excluding carboxylic acids is 1. The first-order valence-electron chi connectivity index (χ1n) is 8.77. The first-order chi connectivity index (χ1) is 12.9. The number of hydrogen-bond donors (Lipinski definition) is 0. The first kappa shape index (κ1) is 20.3.